The second-order valence-corrected chi connectivity index (χ2v) is 6.63. The lowest BCUT2D eigenvalue weighted by atomic mass is 10.2. The summed E-state index contributed by atoms with van der Waals surface area (Å²) in [5.74, 6) is -0.773. The summed E-state index contributed by atoms with van der Waals surface area (Å²) < 4.78 is 10.8. The Bertz CT molecular complexity index is 642. The third kappa shape index (κ3) is 6.90. The summed E-state index contributed by atoms with van der Waals surface area (Å²) in [5.41, 5.74) is 0.658. The average molecular weight is 377 g/mol. The van der Waals surface area contributed by atoms with Gasteiger partial charge in [0, 0.05) is 25.3 Å². The maximum Gasteiger partial charge on any atom is 0.319 e. The molecule has 8 nitrogen and oxygen atoms in total. The molecular formula is C19H27N3O5. The number of carbonyl (C=O) groups excluding carboxylic acids is 3. The summed E-state index contributed by atoms with van der Waals surface area (Å²) >= 11 is 0. The number of esters is 1. The molecular weight excluding hydrogens is 350 g/mol. The van der Waals surface area contributed by atoms with Crippen LogP contribution in [0, 0.1) is 0 Å². The van der Waals surface area contributed by atoms with Gasteiger partial charge in [-0.15, -0.1) is 0 Å². The van der Waals surface area contributed by atoms with E-state index in [1.54, 1.807) is 36.1 Å². The quantitative estimate of drug-likeness (QED) is 0.737. The number of urea groups is 1. The summed E-state index contributed by atoms with van der Waals surface area (Å²) in [4.78, 5) is 37.7. The van der Waals surface area contributed by atoms with Gasteiger partial charge in [-0.05, 0) is 32.9 Å². The number of para-hydroxylation sites is 1. The zero-order valence-corrected chi connectivity index (χ0v) is 15.9. The average Bonchev–Trinajstić information content (AvgIpc) is 2.61. The fourth-order valence-electron chi connectivity index (χ4n) is 2.90. The minimum Gasteiger partial charge on any atom is -0.452 e. The van der Waals surface area contributed by atoms with Crippen LogP contribution in [0.3, 0.4) is 0 Å². The molecule has 8 heteroatoms. The van der Waals surface area contributed by atoms with Crippen molar-refractivity contribution in [3.05, 3.63) is 30.3 Å². The van der Waals surface area contributed by atoms with Gasteiger partial charge in [-0.2, -0.15) is 0 Å². The van der Waals surface area contributed by atoms with Gasteiger partial charge < -0.3 is 25.0 Å². The van der Waals surface area contributed by atoms with Crippen molar-refractivity contribution in [2.75, 3.05) is 25.0 Å². The number of anilines is 1. The van der Waals surface area contributed by atoms with Crippen LogP contribution in [-0.4, -0.2) is 60.8 Å². The first kappa shape index (κ1) is 20.7. The number of rotatable bonds is 6. The highest BCUT2D eigenvalue weighted by molar-refractivity contribution is 5.89. The number of morpholine rings is 1. The summed E-state index contributed by atoms with van der Waals surface area (Å²) in [5, 5.41) is 5.23. The van der Waals surface area contributed by atoms with Gasteiger partial charge >= 0.3 is 12.0 Å². The molecule has 0 aliphatic carbocycles. The van der Waals surface area contributed by atoms with E-state index in [2.05, 4.69) is 10.6 Å². The first-order valence-corrected chi connectivity index (χ1v) is 9.08. The van der Waals surface area contributed by atoms with Gasteiger partial charge in [0.1, 0.15) is 0 Å². The second kappa shape index (κ2) is 9.91. The van der Waals surface area contributed by atoms with Crippen LogP contribution in [0.5, 0.6) is 0 Å². The Morgan fingerprint density at radius 2 is 1.81 bits per heavy atom. The SMILES string of the molecule is C[C@@H]1CN(C(=O)[C@@H](C)OC(=O)CCNC(=O)Nc2ccccc2)C[C@@H](C)O1. The molecule has 1 heterocycles. The van der Waals surface area contributed by atoms with Crippen molar-refractivity contribution in [1.29, 1.82) is 0 Å². The highest BCUT2D eigenvalue weighted by atomic mass is 16.5. The normalized spacial score (nSPS) is 20.5. The Hall–Kier alpha value is -2.61. The van der Waals surface area contributed by atoms with Gasteiger partial charge in [0.25, 0.3) is 5.91 Å². The van der Waals surface area contributed by atoms with Crippen LogP contribution in [0.1, 0.15) is 27.2 Å². The predicted octanol–water partition coefficient (Wildman–Crippen LogP) is 1.77. The lowest BCUT2D eigenvalue weighted by Gasteiger charge is -2.36. The molecule has 148 valence electrons. The summed E-state index contributed by atoms with van der Waals surface area (Å²) in [6.07, 6.45) is -0.982. The Labute approximate surface area is 159 Å². The molecule has 0 bridgehead atoms. The van der Waals surface area contributed by atoms with Gasteiger partial charge in [-0.25, -0.2) is 4.79 Å². The molecule has 27 heavy (non-hydrogen) atoms. The van der Waals surface area contributed by atoms with Crippen LogP contribution < -0.4 is 10.6 Å². The van der Waals surface area contributed by atoms with E-state index in [9.17, 15) is 14.4 Å². The van der Waals surface area contributed by atoms with Crippen molar-refractivity contribution in [3.63, 3.8) is 0 Å². The van der Waals surface area contributed by atoms with Crippen molar-refractivity contribution in [3.8, 4) is 0 Å². The maximum absolute atomic E-state index is 12.4. The molecule has 2 N–H and O–H groups in total. The number of amides is 3. The van der Waals surface area contributed by atoms with Crippen molar-refractivity contribution in [2.24, 2.45) is 0 Å². The smallest absolute Gasteiger partial charge is 0.319 e. The minimum absolute atomic E-state index is 0.0181. The second-order valence-electron chi connectivity index (χ2n) is 6.63. The monoisotopic (exact) mass is 377 g/mol. The number of carbonyl (C=O) groups is 3. The summed E-state index contributed by atoms with van der Waals surface area (Å²) in [6, 6.07) is 8.57. The molecule has 0 spiro atoms. The zero-order valence-electron chi connectivity index (χ0n) is 15.9. The zero-order chi connectivity index (χ0) is 19.8. The molecule has 1 aromatic carbocycles. The molecule has 1 fully saturated rings. The number of hydrogen-bond acceptors (Lipinski definition) is 5. The Morgan fingerprint density at radius 1 is 1.19 bits per heavy atom. The van der Waals surface area contributed by atoms with E-state index < -0.39 is 18.1 Å². The molecule has 1 aliphatic heterocycles. The lowest BCUT2D eigenvalue weighted by Crippen LogP contribution is -2.51. The van der Waals surface area contributed by atoms with Gasteiger partial charge in [-0.3, -0.25) is 9.59 Å². The van der Waals surface area contributed by atoms with Crippen LogP contribution >= 0.6 is 0 Å². The van der Waals surface area contributed by atoms with E-state index in [4.69, 9.17) is 9.47 Å². The largest absolute Gasteiger partial charge is 0.452 e. The van der Waals surface area contributed by atoms with E-state index in [1.807, 2.05) is 19.9 Å². The van der Waals surface area contributed by atoms with E-state index in [0.717, 1.165) is 0 Å². The Balaban J connectivity index is 1.68. The molecule has 3 amide bonds. The van der Waals surface area contributed by atoms with E-state index >= 15 is 0 Å². The first-order valence-electron chi connectivity index (χ1n) is 9.08. The molecule has 0 saturated carbocycles. The Morgan fingerprint density at radius 3 is 2.44 bits per heavy atom. The third-order valence-corrected chi connectivity index (χ3v) is 4.03. The minimum atomic E-state index is -0.867. The molecule has 0 aromatic heterocycles. The maximum atomic E-state index is 12.4. The van der Waals surface area contributed by atoms with Gasteiger partial charge in [0.05, 0.1) is 18.6 Å². The molecule has 1 saturated heterocycles. The predicted molar refractivity (Wildman–Crippen MR) is 100 cm³/mol. The number of nitrogens with zero attached hydrogens (tertiary/aromatic N) is 1. The Kier molecular flexibility index (Phi) is 7.60. The summed E-state index contributed by atoms with van der Waals surface area (Å²) in [6.45, 7) is 6.43. The molecule has 3 atom stereocenters. The number of ether oxygens (including phenoxy) is 2. The number of nitrogens with one attached hydrogen (secondary N) is 2. The van der Waals surface area contributed by atoms with Crippen molar-refractivity contribution >= 4 is 23.6 Å². The topological polar surface area (TPSA) is 97.0 Å². The molecule has 1 aromatic rings. The standard InChI is InChI=1S/C19H27N3O5/c1-13-11-22(12-14(2)26-13)18(24)15(3)27-17(23)9-10-20-19(25)21-16-7-5-4-6-8-16/h4-8,13-15H,9-12H2,1-3H3,(H2,20,21,25)/t13-,14-,15-/m1/s1. The molecule has 0 unspecified atom stereocenters. The van der Waals surface area contributed by atoms with Gasteiger partial charge in [0.15, 0.2) is 6.10 Å². The molecule has 1 aliphatic rings. The van der Waals surface area contributed by atoms with Gasteiger partial charge in [-0.1, -0.05) is 18.2 Å². The fourth-order valence-corrected chi connectivity index (χ4v) is 2.90. The van der Waals surface area contributed by atoms with Crippen molar-refractivity contribution < 1.29 is 23.9 Å². The lowest BCUT2D eigenvalue weighted by molar-refractivity contribution is -0.164. The van der Waals surface area contributed by atoms with Gasteiger partial charge in [0.2, 0.25) is 0 Å². The highest BCUT2D eigenvalue weighted by Crippen LogP contribution is 2.13. The highest BCUT2D eigenvalue weighted by Gasteiger charge is 2.30. The van der Waals surface area contributed by atoms with Crippen LogP contribution in [0.4, 0.5) is 10.5 Å². The third-order valence-electron chi connectivity index (χ3n) is 4.03. The van der Waals surface area contributed by atoms with E-state index in [-0.39, 0.29) is 31.1 Å². The van der Waals surface area contributed by atoms with Crippen LogP contribution in [-0.2, 0) is 19.1 Å². The van der Waals surface area contributed by atoms with E-state index in [1.165, 1.54) is 0 Å². The fraction of sp³-hybridized carbons (Fsp3) is 0.526. The molecule has 2 rings (SSSR count). The van der Waals surface area contributed by atoms with Crippen LogP contribution in [0.15, 0.2) is 30.3 Å². The van der Waals surface area contributed by atoms with Crippen molar-refractivity contribution in [1.82, 2.24) is 10.2 Å². The number of benzene rings is 1. The first-order chi connectivity index (χ1) is 12.8. The van der Waals surface area contributed by atoms with E-state index in [0.29, 0.717) is 18.8 Å². The number of hydrogen-bond donors (Lipinski definition) is 2. The molecule has 0 radical (unpaired) electrons. The van der Waals surface area contributed by atoms with Crippen LogP contribution in [0.25, 0.3) is 0 Å². The summed E-state index contributed by atoms with van der Waals surface area (Å²) in [7, 11) is 0. The van der Waals surface area contributed by atoms with Crippen LogP contribution in [0.2, 0.25) is 0 Å². The van der Waals surface area contributed by atoms with Crippen molar-refractivity contribution in [2.45, 2.75) is 45.5 Å².